The van der Waals surface area contributed by atoms with Crippen molar-refractivity contribution in [1.82, 2.24) is 9.36 Å². The number of hydrogen-bond acceptors (Lipinski definition) is 4. The maximum absolute atomic E-state index is 13.5. The lowest BCUT2D eigenvalue weighted by molar-refractivity contribution is -0.137. The number of halogens is 3. The van der Waals surface area contributed by atoms with Crippen LogP contribution in [0.2, 0.25) is 0 Å². The summed E-state index contributed by atoms with van der Waals surface area (Å²) >= 11 is 0. The number of aromatic nitrogens is 2. The molecule has 4 rings (SSSR count). The number of carbonyl (C=O) groups is 1. The van der Waals surface area contributed by atoms with E-state index in [2.05, 4.69) is 25.8 Å². The van der Waals surface area contributed by atoms with Crippen LogP contribution in [-0.4, -0.2) is 54.3 Å². The lowest BCUT2D eigenvalue weighted by Crippen LogP contribution is -2.37. The first-order valence-electron chi connectivity index (χ1n) is 12.0. The van der Waals surface area contributed by atoms with E-state index in [1.54, 1.807) is 0 Å². The zero-order valence-corrected chi connectivity index (χ0v) is 20.7. The van der Waals surface area contributed by atoms with Gasteiger partial charge in [0.15, 0.2) is 5.49 Å². The Bertz CT molecular complexity index is 1130. The van der Waals surface area contributed by atoms with Gasteiger partial charge >= 0.3 is 6.18 Å². The predicted molar refractivity (Wildman–Crippen MR) is 125 cm³/mol. The van der Waals surface area contributed by atoms with Crippen molar-refractivity contribution in [3.05, 3.63) is 46.6 Å². The van der Waals surface area contributed by atoms with Gasteiger partial charge in [-0.15, -0.1) is 0 Å². The fourth-order valence-corrected chi connectivity index (χ4v) is 4.69. The highest BCUT2D eigenvalue weighted by atomic mass is 19.4. The second-order valence-corrected chi connectivity index (χ2v) is 10.1. The van der Waals surface area contributed by atoms with Crippen LogP contribution in [0.25, 0.3) is 0 Å². The van der Waals surface area contributed by atoms with E-state index in [4.69, 9.17) is 9.47 Å². The molecular formula is C25H33F3N4O3. The second-order valence-electron chi connectivity index (χ2n) is 10.1. The van der Waals surface area contributed by atoms with Crippen LogP contribution in [0.3, 0.4) is 0 Å². The van der Waals surface area contributed by atoms with Crippen LogP contribution in [0.15, 0.2) is 29.3 Å². The van der Waals surface area contributed by atoms with Crippen LogP contribution in [0, 0.1) is 0 Å². The number of ether oxygens (including phenoxy) is 2. The quantitative estimate of drug-likeness (QED) is 0.647. The third-order valence-corrected chi connectivity index (χ3v) is 6.53. The van der Waals surface area contributed by atoms with Crippen molar-refractivity contribution >= 4 is 11.6 Å². The van der Waals surface area contributed by atoms with Crippen LogP contribution in [0.4, 0.5) is 18.9 Å². The van der Waals surface area contributed by atoms with Gasteiger partial charge in [0.25, 0.3) is 5.91 Å². The molecule has 2 fully saturated rings. The Morgan fingerprint density at radius 3 is 2.43 bits per heavy atom. The molecule has 0 N–H and O–H groups in total. The van der Waals surface area contributed by atoms with Gasteiger partial charge in [-0.2, -0.15) is 18.2 Å². The average Bonchev–Trinajstić information content (AvgIpc) is 3.42. The minimum Gasteiger partial charge on any atom is -0.378 e. The van der Waals surface area contributed by atoms with Crippen molar-refractivity contribution in [2.45, 2.75) is 57.9 Å². The first-order chi connectivity index (χ1) is 16.4. The molecule has 0 aliphatic carbocycles. The highest BCUT2D eigenvalue weighted by Crippen LogP contribution is 2.33. The fourth-order valence-electron chi connectivity index (χ4n) is 4.69. The van der Waals surface area contributed by atoms with E-state index in [1.165, 1.54) is 6.07 Å². The summed E-state index contributed by atoms with van der Waals surface area (Å²) in [7, 11) is 1.91. The Morgan fingerprint density at radius 2 is 1.83 bits per heavy atom. The van der Waals surface area contributed by atoms with Gasteiger partial charge in [-0.05, 0) is 31.0 Å². The number of benzene rings is 1. The highest BCUT2D eigenvalue weighted by Gasteiger charge is 2.33. The van der Waals surface area contributed by atoms with Crippen LogP contribution >= 0.6 is 0 Å². The van der Waals surface area contributed by atoms with E-state index in [1.807, 2.05) is 27.4 Å². The van der Waals surface area contributed by atoms with Gasteiger partial charge in [-0.3, -0.25) is 14.2 Å². The van der Waals surface area contributed by atoms with Gasteiger partial charge < -0.3 is 14.4 Å². The van der Waals surface area contributed by atoms with E-state index < -0.39 is 17.6 Å². The summed E-state index contributed by atoms with van der Waals surface area (Å²) in [6, 6.07) is 5.13. The minimum absolute atomic E-state index is 0.00272. The normalized spacial score (nSPS) is 20.0. The van der Waals surface area contributed by atoms with Gasteiger partial charge in [0.05, 0.1) is 37.0 Å². The lowest BCUT2D eigenvalue weighted by Gasteiger charge is -2.30. The third kappa shape index (κ3) is 5.64. The molecule has 0 spiro atoms. The summed E-state index contributed by atoms with van der Waals surface area (Å²) in [5.74, 6) is -0.704. The number of carbonyl (C=O) groups excluding carboxylic acids is 1. The third-order valence-electron chi connectivity index (χ3n) is 6.53. The smallest absolute Gasteiger partial charge is 0.378 e. The maximum atomic E-state index is 13.5. The van der Waals surface area contributed by atoms with Crippen molar-refractivity contribution in [2.24, 2.45) is 12.0 Å². The van der Waals surface area contributed by atoms with Crippen LogP contribution in [-0.2, 0) is 34.7 Å². The Hall–Kier alpha value is -2.59. The zero-order valence-electron chi connectivity index (χ0n) is 20.7. The summed E-state index contributed by atoms with van der Waals surface area (Å²) in [6.45, 7) is 9.27. The van der Waals surface area contributed by atoms with E-state index in [-0.39, 0.29) is 17.1 Å². The number of alkyl halides is 3. The molecule has 2 saturated heterocycles. The average molecular weight is 495 g/mol. The maximum Gasteiger partial charge on any atom is 0.416 e. The van der Waals surface area contributed by atoms with Gasteiger partial charge in [-0.25, -0.2) is 0 Å². The molecule has 10 heteroatoms. The monoisotopic (exact) mass is 494 g/mol. The zero-order chi connectivity index (χ0) is 25.4. The molecule has 1 aromatic carbocycles. The molecule has 0 unspecified atom stereocenters. The van der Waals surface area contributed by atoms with Gasteiger partial charge in [-0.1, -0.05) is 20.8 Å². The molecular weight excluding hydrogens is 461 g/mol. The van der Waals surface area contributed by atoms with Gasteiger partial charge in [0, 0.05) is 49.6 Å². The summed E-state index contributed by atoms with van der Waals surface area (Å²) in [6.07, 6.45) is -2.68. The van der Waals surface area contributed by atoms with Crippen molar-refractivity contribution < 1.29 is 27.4 Å². The van der Waals surface area contributed by atoms with E-state index in [0.29, 0.717) is 50.6 Å². The molecule has 2 aliphatic rings. The number of nitrogens with zero attached hydrogens (tertiary/aromatic N) is 4. The SMILES string of the molecule is Cn1c(C(C)(C)C)c/c(=N\C(=O)c2cc(C(F)(F)F)ccc2N2CCOCC2)n1C[C@H]1CCCO1. The predicted octanol–water partition coefficient (Wildman–Crippen LogP) is 3.90. The summed E-state index contributed by atoms with van der Waals surface area (Å²) < 4.78 is 55.6. The highest BCUT2D eigenvalue weighted by molar-refractivity contribution is 6.00. The molecule has 7 nitrogen and oxygen atoms in total. The molecule has 1 atom stereocenters. The molecule has 1 aromatic heterocycles. The largest absolute Gasteiger partial charge is 0.416 e. The topological polar surface area (TPSA) is 61.0 Å². The summed E-state index contributed by atoms with van der Waals surface area (Å²) in [4.78, 5) is 19.7. The first-order valence-corrected chi connectivity index (χ1v) is 12.0. The number of morpholine rings is 1. The molecule has 0 radical (unpaired) electrons. The summed E-state index contributed by atoms with van der Waals surface area (Å²) in [5, 5.41) is 0. The van der Waals surface area contributed by atoms with Gasteiger partial charge in [0.2, 0.25) is 0 Å². The number of anilines is 1. The van der Waals surface area contributed by atoms with Crippen molar-refractivity contribution in [3.8, 4) is 0 Å². The van der Waals surface area contributed by atoms with Crippen LogP contribution in [0.5, 0.6) is 0 Å². The van der Waals surface area contributed by atoms with Crippen LogP contribution in [0.1, 0.15) is 55.2 Å². The van der Waals surface area contributed by atoms with E-state index in [0.717, 1.165) is 30.7 Å². The number of amides is 1. The molecule has 0 bridgehead atoms. The van der Waals surface area contributed by atoms with Gasteiger partial charge in [0.1, 0.15) is 0 Å². The lowest BCUT2D eigenvalue weighted by atomic mass is 9.92. The Morgan fingerprint density at radius 1 is 1.11 bits per heavy atom. The van der Waals surface area contributed by atoms with Crippen molar-refractivity contribution in [1.29, 1.82) is 0 Å². The fraction of sp³-hybridized carbons (Fsp3) is 0.600. The molecule has 2 aliphatic heterocycles. The number of rotatable bonds is 4. The number of hydrogen-bond donors (Lipinski definition) is 0. The van der Waals surface area contributed by atoms with Crippen LogP contribution < -0.4 is 10.4 Å². The van der Waals surface area contributed by atoms with Crippen molar-refractivity contribution in [2.75, 3.05) is 37.8 Å². The minimum atomic E-state index is -4.57. The van der Waals surface area contributed by atoms with E-state index in [9.17, 15) is 18.0 Å². The second kappa shape index (κ2) is 9.81. The standard InChI is InChI=1S/C25H33F3N4O3/c1-24(2,3)21-15-22(32(30(21)4)16-18-6-5-11-35-18)29-23(33)19-14-17(25(26,27)28)7-8-20(19)31-9-12-34-13-10-31/h7-8,14-15,18H,5-6,9-13,16H2,1-4H3/b29-22+/t18-/m1/s1. The molecule has 1 amide bonds. The Kier molecular flexibility index (Phi) is 7.15. The first kappa shape index (κ1) is 25.5. The Labute approximate surface area is 203 Å². The molecule has 35 heavy (non-hydrogen) atoms. The molecule has 192 valence electrons. The van der Waals surface area contributed by atoms with Crippen molar-refractivity contribution in [3.63, 3.8) is 0 Å². The molecule has 2 aromatic rings. The summed E-state index contributed by atoms with van der Waals surface area (Å²) in [5.41, 5.74) is 0.643. The molecule has 3 heterocycles. The molecule has 0 saturated carbocycles. The van der Waals surface area contributed by atoms with E-state index >= 15 is 0 Å². The Balaban J connectivity index is 1.81.